The van der Waals surface area contributed by atoms with E-state index in [9.17, 15) is 4.39 Å². The lowest BCUT2D eigenvalue weighted by Gasteiger charge is -2.24. The first-order valence-electron chi connectivity index (χ1n) is 9.98. The minimum atomic E-state index is -0.492. The van der Waals surface area contributed by atoms with Gasteiger partial charge in [0.2, 0.25) is 0 Å². The summed E-state index contributed by atoms with van der Waals surface area (Å²) in [5.74, 6) is -0.0572. The van der Waals surface area contributed by atoms with Crippen LogP contribution in [0.4, 0.5) is 8.78 Å². The van der Waals surface area contributed by atoms with Crippen molar-refractivity contribution >= 4 is 21.8 Å². The molecule has 152 valence electrons. The van der Waals surface area contributed by atoms with Crippen molar-refractivity contribution in [2.24, 2.45) is 5.92 Å². The van der Waals surface area contributed by atoms with Crippen LogP contribution in [0.25, 0.3) is 21.8 Å². The number of hydrogen-bond donors (Lipinski definition) is 2. The zero-order chi connectivity index (χ0) is 20.9. The van der Waals surface area contributed by atoms with Crippen molar-refractivity contribution in [2.45, 2.75) is 52.4 Å². The molecule has 1 atom stereocenters. The molecule has 4 aromatic rings. The molecule has 2 heterocycles. The van der Waals surface area contributed by atoms with E-state index in [4.69, 9.17) is 0 Å². The number of H-pyrrole nitrogens is 2. The van der Waals surface area contributed by atoms with E-state index >= 15 is 4.39 Å². The molecule has 4 rings (SSSR count). The van der Waals surface area contributed by atoms with Crippen molar-refractivity contribution in [3.05, 3.63) is 58.9 Å². The molecular formula is C23H26F2N4. The molecule has 0 saturated heterocycles. The first kappa shape index (κ1) is 19.6. The molecule has 0 aliphatic carbocycles. The molecule has 2 N–H and O–H groups in total. The van der Waals surface area contributed by atoms with Gasteiger partial charge in [-0.25, -0.2) is 8.78 Å². The molecule has 0 amide bonds. The lowest BCUT2D eigenvalue weighted by molar-refractivity contribution is 0.490. The van der Waals surface area contributed by atoms with Crippen LogP contribution in [0.2, 0.25) is 0 Å². The fourth-order valence-corrected chi connectivity index (χ4v) is 3.98. The van der Waals surface area contributed by atoms with Crippen LogP contribution in [0, 0.1) is 17.6 Å². The van der Waals surface area contributed by atoms with E-state index < -0.39 is 5.41 Å². The summed E-state index contributed by atoms with van der Waals surface area (Å²) >= 11 is 0. The molecule has 0 bridgehead atoms. The lowest BCUT2D eigenvalue weighted by atomic mass is 9.80. The van der Waals surface area contributed by atoms with Crippen molar-refractivity contribution < 1.29 is 8.78 Å². The maximum absolute atomic E-state index is 15.6. The third kappa shape index (κ3) is 3.30. The van der Waals surface area contributed by atoms with Gasteiger partial charge in [0.25, 0.3) is 0 Å². The SMILES string of the molecule is CC(C)C(C)c1n[nH]c2ccc(CC(C)(C)c3n[nH]c4ccc(F)cc34)c(F)c12. The Balaban J connectivity index is 1.77. The van der Waals surface area contributed by atoms with E-state index in [1.807, 2.05) is 19.9 Å². The summed E-state index contributed by atoms with van der Waals surface area (Å²) in [6, 6.07) is 8.25. The van der Waals surface area contributed by atoms with E-state index in [2.05, 4.69) is 41.2 Å². The summed E-state index contributed by atoms with van der Waals surface area (Å²) < 4.78 is 29.4. The van der Waals surface area contributed by atoms with Crippen LogP contribution in [-0.2, 0) is 11.8 Å². The molecule has 0 aliphatic rings. The molecule has 1 unspecified atom stereocenters. The normalized spacial score (nSPS) is 13.7. The van der Waals surface area contributed by atoms with E-state index in [-0.39, 0.29) is 17.6 Å². The summed E-state index contributed by atoms with van der Waals surface area (Å²) in [4.78, 5) is 0. The first-order chi connectivity index (χ1) is 13.7. The summed E-state index contributed by atoms with van der Waals surface area (Å²) in [5.41, 5.74) is 3.09. The zero-order valence-electron chi connectivity index (χ0n) is 17.4. The fourth-order valence-electron chi connectivity index (χ4n) is 3.98. The van der Waals surface area contributed by atoms with Crippen molar-refractivity contribution in [3.63, 3.8) is 0 Å². The Morgan fingerprint density at radius 3 is 2.38 bits per heavy atom. The summed E-state index contributed by atoms with van der Waals surface area (Å²) in [6.07, 6.45) is 0.436. The van der Waals surface area contributed by atoms with Crippen molar-refractivity contribution in [1.82, 2.24) is 20.4 Å². The standard InChI is InChI=1S/C23H26F2N4/c1-12(2)13(3)21-19-18(27-28-21)8-6-14(20(19)25)11-23(4,5)22-16-10-15(24)7-9-17(16)26-29-22/h6-10,12-13H,11H2,1-5H3,(H,26,29)(H,27,28). The molecule has 4 nitrogen and oxygen atoms in total. The minimum absolute atomic E-state index is 0.139. The van der Waals surface area contributed by atoms with E-state index in [1.165, 1.54) is 12.1 Å². The number of rotatable bonds is 5. The van der Waals surface area contributed by atoms with Gasteiger partial charge in [-0.2, -0.15) is 10.2 Å². The number of halogens is 2. The Morgan fingerprint density at radius 1 is 0.966 bits per heavy atom. The monoisotopic (exact) mass is 396 g/mol. The van der Waals surface area contributed by atoms with Gasteiger partial charge in [-0.3, -0.25) is 10.2 Å². The first-order valence-corrected chi connectivity index (χ1v) is 9.98. The van der Waals surface area contributed by atoms with Crippen LogP contribution in [0.5, 0.6) is 0 Å². The number of benzene rings is 2. The molecule has 29 heavy (non-hydrogen) atoms. The van der Waals surface area contributed by atoms with Crippen LogP contribution >= 0.6 is 0 Å². The molecule has 2 aromatic heterocycles. The van der Waals surface area contributed by atoms with Gasteiger partial charge in [0.15, 0.2) is 0 Å². The number of fused-ring (bicyclic) bond motifs is 2. The van der Waals surface area contributed by atoms with Crippen LogP contribution < -0.4 is 0 Å². The highest BCUT2D eigenvalue weighted by atomic mass is 19.1. The number of aromatic amines is 2. The van der Waals surface area contributed by atoms with Crippen LogP contribution in [0.15, 0.2) is 30.3 Å². The maximum atomic E-state index is 15.6. The molecular weight excluding hydrogens is 370 g/mol. The number of aromatic nitrogens is 4. The highest BCUT2D eigenvalue weighted by Crippen LogP contribution is 2.36. The topological polar surface area (TPSA) is 57.4 Å². The number of nitrogens with zero attached hydrogens (tertiary/aromatic N) is 2. The van der Waals surface area contributed by atoms with Gasteiger partial charge in [-0.1, -0.05) is 40.7 Å². The molecule has 0 spiro atoms. The zero-order valence-corrected chi connectivity index (χ0v) is 17.4. The molecule has 0 fully saturated rings. The van der Waals surface area contributed by atoms with Gasteiger partial charge >= 0.3 is 0 Å². The Bertz CT molecular complexity index is 1190. The summed E-state index contributed by atoms with van der Waals surface area (Å²) in [7, 11) is 0. The van der Waals surface area contributed by atoms with E-state index in [0.29, 0.717) is 28.8 Å². The maximum Gasteiger partial charge on any atom is 0.137 e. The predicted molar refractivity (Wildman–Crippen MR) is 112 cm³/mol. The van der Waals surface area contributed by atoms with E-state index in [1.54, 1.807) is 12.1 Å². The molecule has 6 heteroatoms. The number of hydrogen-bond acceptors (Lipinski definition) is 2. The van der Waals surface area contributed by atoms with Gasteiger partial charge in [-0.05, 0) is 42.2 Å². The van der Waals surface area contributed by atoms with Crippen LogP contribution in [0.1, 0.15) is 57.5 Å². The Morgan fingerprint density at radius 2 is 1.66 bits per heavy atom. The number of nitrogens with one attached hydrogen (secondary N) is 2. The smallest absolute Gasteiger partial charge is 0.137 e. The van der Waals surface area contributed by atoms with Crippen molar-refractivity contribution in [1.29, 1.82) is 0 Å². The molecule has 0 saturated carbocycles. The van der Waals surface area contributed by atoms with Gasteiger partial charge in [-0.15, -0.1) is 0 Å². The predicted octanol–water partition coefficient (Wildman–Crippen LogP) is 6.00. The molecule has 0 radical (unpaired) electrons. The van der Waals surface area contributed by atoms with Crippen molar-refractivity contribution in [2.75, 3.05) is 0 Å². The fraction of sp³-hybridized carbons (Fsp3) is 0.391. The third-order valence-corrected chi connectivity index (χ3v) is 6.00. The van der Waals surface area contributed by atoms with Gasteiger partial charge in [0.05, 0.1) is 27.8 Å². The largest absolute Gasteiger partial charge is 0.278 e. The highest BCUT2D eigenvalue weighted by molar-refractivity contribution is 5.84. The van der Waals surface area contributed by atoms with Crippen LogP contribution in [0.3, 0.4) is 0 Å². The van der Waals surface area contributed by atoms with Crippen molar-refractivity contribution in [3.8, 4) is 0 Å². The summed E-state index contributed by atoms with van der Waals surface area (Å²) in [5, 5.41) is 16.0. The van der Waals surface area contributed by atoms with E-state index in [0.717, 1.165) is 22.3 Å². The van der Waals surface area contributed by atoms with Gasteiger partial charge in [0, 0.05) is 16.7 Å². The van der Waals surface area contributed by atoms with Gasteiger partial charge in [0.1, 0.15) is 11.6 Å². The Kier molecular flexibility index (Phi) is 4.68. The average Bonchev–Trinajstić information content (AvgIpc) is 3.27. The quantitative estimate of drug-likeness (QED) is 0.435. The molecule has 0 aliphatic heterocycles. The Labute approximate surface area is 168 Å². The second-order valence-electron chi connectivity index (χ2n) is 8.93. The van der Waals surface area contributed by atoms with Crippen LogP contribution in [-0.4, -0.2) is 20.4 Å². The lowest BCUT2D eigenvalue weighted by Crippen LogP contribution is -2.22. The van der Waals surface area contributed by atoms with Gasteiger partial charge < -0.3 is 0 Å². The Hall–Kier alpha value is -2.76. The molecule has 2 aromatic carbocycles. The summed E-state index contributed by atoms with van der Waals surface area (Å²) in [6.45, 7) is 10.3. The second-order valence-corrected chi connectivity index (χ2v) is 8.93. The third-order valence-electron chi connectivity index (χ3n) is 6.00. The average molecular weight is 396 g/mol. The highest BCUT2D eigenvalue weighted by Gasteiger charge is 2.29. The second kappa shape index (κ2) is 6.94. The minimum Gasteiger partial charge on any atom is -0.278 e.